The molecule has 1 aromatic carbocycles. The summed E-state index contributed by atoms with van der Waals surface area (Å²) < 4.78 is 13.5. The predicted molar refractivity (Wildman–Crippen MR) is 98.7 cm³/mol. The zero-order valence-electron chi connectivity index (χ0n) is 14.6. The number of imidazole rings is 1. The topological polar surface area (TPSA) is 72.4 Å². The van der Waals surface area contributed by atoms with Gasteiger partial charge in [-0.25, -0.2) is 9.78 Å². The fraction of sp³-hybridized carbons (Fsp3) is 0.368. The minimum Gasteiger partial charge on any atom is -0.491 e. The molecule has 1 N–H and O–H groups in total. The Balaban J connectivity index is 1.79. The maximum Gasteiger partial charge on any atom is 0.332 e. The number of hydrogen-bond donors (Lipinski definition) is 1. The van der Waals surface area contributed by atoms with E-state index in [0.29, 0.717) is 36.2 Å². The van der Waals surface area contributed by atoms with E-state index < -0.39 is 0 Å². The molecule has 26 heavy (non-hydrogen) atoms. The van der Waals surface area contributed by atoms with Crippen LogP contribution < -0.4 is 20.1 Å². The lowest BCUT2D eigenvalue weighted by molar-refractivity contribution is 0.266. The monoisotopic (exact) mass is 352 g/mol. The molecule has 0 saturated carbocycles. The number of benzene rings is 1. The minimum atomic E-state index is -0.225. The van der Waals surface area contributed by atoms with E-state index in [-0.39, 0.29) is 5.69 Å². The van der Waals surface area contributed by atoms with Crippen LogP contribution >= 0.6 is 0 Å². The van der Waals surface area contributed by atoms with Crippen LogP contribution in [0.5, 0.6) is 11.5 Å². The second-order valence-electron chi connectivity index (χ2n) is 6.83. The summed E-state index contributed by atoms with van der Waals surface area (Å²) in [5.41, 5.74) is 2.80. The molecule has 3 aromatic rings. The lowest BCUT2D eigenvalue weighted by atomic mass is 10.1. The highest BCUT2D eigenvalue weighted by atomic mass is 16.5. The van der Waals surface area contributed by atoms with Crippen LogP contribution in [0.4, 0.5) is 5.69 Å². The lowest BCUT2D eigenvalue weighted by Gasteiger charge is -2.37. The van der Waals surface area contributed by atoms with Gasteiger partial charge in [0.2, 0.25) is 0 Å². The molecule has 134 valence electrons. The van der Waals surface area contributed by atoms with Gasteiger partial charge in [-0.05, 0) is 38.0 Å². The Morgan fingerprint density at radius 2 is 2.12 bits per heavy atom. The third kappa shape index (κ3) is 2.27. The maximum absolute atomic E-state index is 12.7. The summed E-state index contributed by atoms with van der Waals surface area (Å²) in [6.07, 6.45) is 3.63. The molecular formula is C19H20N4O3. The first-order valence-electron chi connectivity index (χ1n) is 8.99. The number of fused-ring (bicyclic) bond motifs is 2. The van der Waals surface area contributed by atoms with Crippen LogP contribution in [-0.2, 0) is 0 Å². The van der Waals surface area contributed by atoms with Gasteiger partial charge >= 0.3 is 5.69 Å². The fourth-order valence-corrected chi connectivity index (χ4v) is 3.80. The summed E-state index contributed by atoms with van der Waals surface area (Å²) in [6, 6.07) is 7.98. The van der Waals surface area contributed by atoms with Crippen molar-refractivity contribution in [2.24, 2.45) is 0 Å². The number of pyridine rings is 1. The quantitative estimate of drug-likeness (QED) is 0.673. The van der Waals surface area contributed by atoms with Crippen molar-refractivity contribution in [3.05, 3.63) is 40.9 Å². The average molecular weight is 352 g/mol. The molecule has 4 heterocycles. The first kappa shape index (κ1) is 15.3. The van der Waals surface area contributed by atoms with Crippen molar-refractivity contribution in [1.29, 1.82) is 0 Å². The highest BCUT2D eigenvalue weighted by Gasteiger charge is 2.26. The molecule has 0 fully saturated rings. The Hall–Kier alpha value is -2.96. The number of anilines is 1. The smallest absolute Gasteiger partial charge is 0.332 e. The second kappa shape index (κ2) is 5.79. The minimum absolute atomic E-state index is 0.225. The highest BCUT2D eigenvalue weighted by molar-refractivity contribution is 5.81. The van der Waals surface area contributed by atoms with Crippen LogP contribution in [0.2, 0.25) is 0 Å². The second-order valence-corrected chi connectivity index (χ2v) is 6.83. The Labute approximate surface area is 150 Å². The van der Waals surface area contributed by atoms with Gasteiger partial charge in [-0.2, -0.15) is 0 Å². The van der Waals surface area contributed by atoms with Gasteiger partial charge in [-0.15, -0.1) is 0 Å². The number of ether oxygens (including phenoxy) is 2. The van der Waals surface area contributed by atoms with Gasteiger partial charge in [0.25, 0.3) is 0 Å². The maximum atomic E-state index is 12.7. The number of nitrogens with zero attached hydrogens (tertiary/aromatic N) is 3. The van der Waals surface area contributed by atoms with Crippen molar-refractivity contribution < 1.29 is 9.47 Å². The number of aromatic amines is 1. The summed E-state index contributed by atoms with van der Waals surface area (Å²) in [6.45, 7) is 4.38. The molecule has 0 saturated heterocycles. The molecule has 1 unspecified atom stereocenters. The third-order valence-electron chi connectivity index (χ3n) is 5.11. The van der Waals surface area contributed by atoms with Crippen molar-refractivity contribution in [2.75, 3.05) is 24.7 Å². The van der Waals surface area contributed by atoms with Crippen molar-refractivity contribution in [1.82, 2.24) is 14.5 Å². The number of hydrogen-bond acceptors (Lipinski definition) is 5. The molecule has 2 bridgehead atoms. The zero-order valence-corrected chi connectivity index (χ0v) is 14.6. The van der Waals surface area contributed by atoms with Gasteiger partial charge in [-0.3, -0.25) is 9.55 Å². The predicted octanol–water partition coefficient (Wildman–Crippen LogP) is 2.47. The molecule has 2 aliphatic rings. The molecule has 0 aliphatic carbocycles. The van der Waals surface area contributed by atoms with Gasteiger partial charge < -0.3 is 14.4 Å². The average Bonchev–Trinajstić information content (AvgIpc) is 2.98. The molecule has 2 aliphatic heterocycles. The molecule has 0 radical (unpaired) electrons. The van der Waals surface area contributed by atoms with Gasteiger partial charge in [0.05, 0.1) is 24.0 Å². The van der Waals surface area contributed by atoms with Crippen LogP contribution in [0.3, 0.4) is 0 Å². The largest absolute Gasteiger partial charge is 0.491 e. The van der Waals surface area contributed by atoms with Crippen LogP contribution in [0.25, 0.3) is 16.9 Å². The fourth-order valence-electron chi connectivity index (χ4n) is 3.80. The van der Waals surface area contributed by atoms with E-state index in [9.17, 15) is 4.79 Å². The molecular weight excluding hydrogens is 332 g/mol. The Morgan fingerprint density at radius 1 is 1.19 bits per heavy atom. The summed E-state index contributed by atoms with van der Waals surface area (Å²) >= 11 is 0. The molecule has 0 spiro atoms. The molecule has 7 nitrogen and oxygen atoms in total. The van der Waals surface area contributed by atoms with E-state index in [1.165, 1.54) is 0 Å². The van der Waals surface area contributed by atoms with E-state index in [1.807, 2.05) is 24.3 Å². The van der Waals surface area contributed by atoms with E-state index >= 15 is 0 Å². The highest BCUT2D eigenvalue weighted by Crippen LogP contribution is 2.37. The number of rotatable bonds is 0. The zero-order chi connectivity index (χ0) is 17.7. The lowest BCUT2D eigenvalue weighted by Crippen LogP contribution is -2.41. The normalized spacial score (nSPS) is 19.3. The van der Waals surface area contributed by atoms with Crippen LogP contribution in [0, 0.1) is 0 Å². The van der Waals surface area contributed by atoms with Crippen molar-refractivity contribution in [2.45, 2.75) is 25.8 Å². The third-order valence-corrected chi connectivity index (χ3v) is 5.11. The van der Waals surface area contributed by atoms with E-state index in [2.05, 4.69) is 21.8 Å². The van der Waals surface area contributed by atoms with Gasteiger partial charge in [0.1, 0.15) is 23.6 Å². The van der Waals surface area contributed by atoms with E-state index in [1.54, 1.807) is 10.8 Å². The Kier molecular flexibility index (Phi) is 3.41. The van der Waals surface area contributed by atoms with Crippen molar-refractivity contribution in [3.8, 4) is 17.2 Å². The SMILES string of the molecule is CC1COc2ccc3cc2N1CCCCOc1ccnc2[nH]c(=O)n-3c12. The first-order valence-corrected chi connectivity index (χ1v) is 8.99. The van der Waals surface area contributed by atoms with Crippen LogP contribution in [-0.4, -0.2) is 40.3 Å². The molecule has 2 aromatic heterocycles. The molecule has 7 heteroatoms. The number of H-pyrrole nitrogens is 1. The summed E-state index contributed by atoms with van der Waals surface area (Å²) in [5.74, 6) is 1.54. The number of aromatic nitrogens is 3. The molecule has 1 atom stereocenters. The molecule has 0 amide bonds. The van der Waals surface area contributed by atoms with Crippen LogP contribution in [0.15, 0.2) is 35.3 Å². The van der Waals surface area contributed by atoms with Crippen LogP contribution in [0.1, 0.15) is 19.8 Å². The van der Waals surface area contributed by atoms with E-state index in [0.717, 1.165) is 36.5 Å². The Bertz CT molecular complexity index is 1040. The van der Waals surface area contributed by atoms with Crippen molar-refractivity contribution >= 4 is 16.9 Å². The van der Waals surface area contributed by atoms with Gasteiger partial charge in [0, 0.05) is 18.8 Å². The molecule has 5 rings (SSSR count). The van der Waals surface area contributed by atoms with Gasteiger partial charge in [0.15, 0.2) is 5.65 Å². The van der Waals surface area contributed by atoms with E-state index in [4.69, 9.17) is 9.47 Å². The first-order chi connectivity index (χ1) is 12.7. The summed E-state index contributed by atoms with van der Waals surface area (Å²) in [4.78, 5) is 22.1. The van der Waals surface area contributed by atoms with Gasteiger partial charge in [-0.1, -0.05) is 0 Å². The van der Waals surface area contributed by atoms with Crippen molar-refractivity contribution in [3.63, 3.8) is 0 Å². The summed E-state index contributed by atoms with van der Waals surface area (Å²) in [7, 11) is 0. The Morgan fingerprint density at radius 3 is 3.04 bits per heavy atom. The summed E-state index contributed by atoms with van der Waals surface area (Å²) in [5, 5.41) is 0. The standard InChI is InChI=1S/C19H20N4O3/c1-12-11-26-15-5-4-13-10-14(15)22(12)8-2-3-9-25-16-6-7-20-18-17(16)23(13)19(24)21-18/h4-7,10,12H,2-3,8-9,11H2,1H3,(H,20,21,24). The number of nitrogens with one attached hydrogen (secondary N) is 1.